The van der Waals surface area contributed by atoms with Gasteiger partial charge in [0.1, 0.15) is 0 Å². The molecule has 4 nitrogen and oxygen atoms in total. The summed E-state index contributed by atoms with van der Waals surface area (Å²) in [5, 5.41) is 11.3. The first-order valence-electron chi connectivity index (χ1n) is 10.6. The van der Waals surface area contributed by atoms with Gasteiger partial charge in [-0.1, -0.05) is 55.0 Å². The van der Waals surface area contributed by atoms with Crippen LogP contribution in [0.2, 0.25) is 0 Å². The van der Waals surface area contributed by atoms with Crippen molar-refractivity contribution < 1.29 is 14.6 Å². The average Bonchev–Trinajstić information content (AvgIpc) is 2.88. The van der Waals surface area contributed by atoms with Crippen LogP contribution < -0.4 is 0 Å². The molecule has 0 amide bonds. The van der Waals surface area contributed by atoms with Crippen LogP contribution in [-0.4, -0.2) is 46.5 Å². The summed E-state index contributed by atoms with van der Waals surface area (Å²) in [6.45, 7) is 2.13. The van der Waals surface area contributed by atoms with Crippen LogP contribution in [0.15, 0.2) is 65.6 Å². The number of benzene rings is 2. The number of ether oxygens (including phenoxy) is 1. The minimum Gasteiger partial charge on any atom is -0.465 e. The zero-order valence-corrected chi connectivity index (χ0v) is 17.5. The predicted molar refractivity (Wildman–Crippen MR) is 116 cm³/mol. The lowest BCUT2D eigenvalue weighted by molar-refractivity contribution is -0.154. The van der Waals surface area contributed by atoms with Crippen molar-refractivity contribution in [2.45, 2.75) is 54.5 Å². The first-order chi connectivity index (χ1) is 14.2. The number of nitrogens with zero attached hydrogens (tertiary/aromatic N) is 1. The number of carbonyl (C=O) groups excluding carboxylic acids is 1. The molecule has 0 saturated carbocycles. The van der Waals surface area contributed by atoms with Gasteiger partial charge in [-0.15, -0.1) is 11.8 Å². The molecule has 2 saturated heterocycles. The van der Waals surface area contributed by atoms with Crippen molar-refractivity contribution in [2.24, 2.45) is 5.92 Å². The smallest absolute Gasteiger partial charge is 0.313 e. The third-order valence-electron chi connectivity index (χ3n) is 6.01. The molecule has 2 aliphatic heterocycles. The number of hydrogen-bond acceptors (Lipinski definition) is 5. The van der Waals surface area contributed by atoms with Crippen LogP contribution in [0.4, 0.5) is 0 Å². The summed E-state index contributed by atoms with van der Waals surface area (Å²) in [6, 6.07) is 20.5. The van der Waals surface area contributed by atoms with Crippen molar-refractivity contribution in [3.8, 4) is 0 Å². The number of hydrogen-bond donors (Lipinski definition) is 1. The Morgan fingerprint density at radius 1 is 1.00 bits per heavy atom. The Morgan fingerprint density at radius 3 is 2.48 bits per heavy atom. The molecule has 0 radical (unpaired) electrons. The molecule has 5 heteroatoms. The monoisotopic (exact) mass is 411 g/mol. The molecular formula is C24H29NO3S. The lowest BCUT2D eigenvalue weighted by atomic mass is 9.84. The van der Waals surface area contributed by atoms with Gasteiger partial charge in [-0.05, 0) is 43.5 Å². The Kier molecular flexibility index (Phi) is 6.90. The van der Waals surface area contributed by atoms with Crippen LogP contribution >= 0.6 is 11.8 Å². The first kappa shape index (κ1) is 20.5. The number of rotatable bonds is 5. The second-order valence-corrected chi connectivity index (χ2v) is 9.27. The third-order valence-corrected chi connectivity index (χ3v) is 7.37. The zero-order valence-electron chi connectivity index (χ0n) is 16.7. The summed E-state index contributed by atoms with van der Waals surface area (Å²) in [7, 11) is 0. The topological polar surface area (TPSA) is 49.8 Å². The van der Waals surface area contributed by atoms with E-state index in [4.69, 9.17) is 4.74 Å². The quantitative estimate of drug-likeness (QED) is 0.750. The fourth-order valence-corrected chi connectivity index (χ4v) is 5.72. The molecule has 2 aromatic rings. The maximum absolute atomic E-state index is 12.9. The van der Waals surface area contributed by atoms with E-state index >= 15 is 0 Å². The number of aliphatic hydroxyl groups is 1. The van der Waals surface area contributed by atoms with Crippen molar-refractivity contribution in [3.63, 3.8) is 0 Å². The van der Waals surface area contributed by atoms with E-state index in [0.717, 1.165) is 37.2 Å². The van der Waals surface area contributed by atoms with Gasteiger partial charge in [-0.3, -0.25) is 9.69 Å². The highest BCUT2D eigenvalue weighted by Crippen LogP contribution is 2.37. The molecule has 2 fully saturated rings. The summed E-state index contributed by atoms with van der Waals surface area (Å²) in [4.78, 5) is 16.4. The van der Waals surface area contributed by atoms with Gasteiger partial charge in [-0.2, -0.15) is 0 Å². The average molecular weight is 412 g/mol. The van der Waals surface area contributed by atoms with Crippen molar-refractivity contribution in [2.75, 3.05) is 13.2 Å². The predicted octanol–water partition coefficient (Wildman–Crippen LogP) is 4.13. The van der Waals surface area contributed by atoms with Crippen molar-refractivity contribution in [1.29, 1.82) is 0 Å². The molecule has 0 aliphatic carbocycles. The molecule has 2 aliphatic rings. The number of likely N-dealkylation sites (tertiary alicyclic amines) is 1. The van der Waals surface area contributed by atoms with Gasteiger partial charge in [0.15, 0.2) is 0 Å². The maximum Gasteiger partial charge on any atom is 0.313 e. The number of piperidine rings is 1. The number of aliphatic hydroxyl groups excluding tert-OH is 1. The zero-order chi connectivity index (χ0) is 20.1. The van der Waals surface area contributed by atoms with E-state index < -0.39 is 12.0 Å². The molecule has 0 unspecified atom stereocenters. The van der Waals surface area contributed by atoms with Crippen LogP contribution in [0, 0.1) is 5.92 Å². The minimum atomic E-state index is -0.712. The van der Waals surface area contributed by atoms with E-state index in [2.05, 4.69) is 41.3 Å². The van der Waals surface area contributed by atoms with Crippen molar-refractivity contribution >= 4 is 17.7 Å². The number of esters is 1. The van der Waals surface area contributed by atoms with E-state index in [9.17, 15) is 9.90 Å². The van der Waals surface area contributed by atoms with E-state index in [1.54, 1.807) is 11.8 Å². The molecule has 0 bridgehead atoms. The summed E-state index contributed by atoms with van der Waals surface area (Å²) in [6.07, 6.45) is 3.10. The standard InChI is InChI=1S/C24H29NO3S/c26-23-21(29-19-11-5-2-6-12-19)14-16-28-24(27)22(23)20-13-7-8-15-25(20)17-18-9-3-1-4-10-18/h1-6,9-12,20-23,26H,7-8,13-17H2/t20-,21+,22+,23-/m1/s1. The lowest BCUT2D eigenvalue weighted by Crippen LogP contribution is -2.52. The highest BCUT2D eigenvalue weighted by molar-refractivity contribution is 8.00. The van der Waals surface area contributed by atoms with E-state index in [1.807, 2.05) is 24.3 Å². The summed E-state index contributed by atoms with van der Waals surface area (Å²) in [5.41, 5.74) is 1.24. The Morgan fingerprint density at radius 2 is 1.72 bits per heavy atom. The van der Waals surface area contributed by atoms with Gasteiger partial charge in [0, 0.05) is 22.7 Å². The van der Waals surface area contributed by atoms with Gasteiger partial charge in [0.05, 0.1) is 18.6 Å². The van der Waals surface area contributed by atoms with Crippen molar-refractivity contribution in [3.05, 3.63) is 66.2 Å². The number of carbonyl (C=O) groups is 1. The Balaban J connectivity index is 1.54. The molecule has 4 atom stereocenters. The second-order valence-electron chi connectivity index (χ2n) is 7.96. The number of cyclic esters (lactones) is 1. The third kappa shape index (κ3) is 5.03. The van der Waals surface area contributed by atoms with Gasteiger partial charge >= 0.3 is 5.97 Å². The largest absolute Gasteiger partial charge is 0.465 e. The van der Waals surface area contributed by atoms with Gasteiger partial charge < -0.3 is 9.84 Å². The molecule has 1 N–H and O–H groups in total. The Hall–Kier alpha value is -1.82. The van der Waals surface area contributed by atoms with Crippen LogP contribution in [-0.2, 0) is 16.1 Å². The fourth-order valence-electron chi connectivity index (χ4n) is 4.54. The molecule has 2 aromatic carbocycles. The van der Waals surface area contributed by atoms with Gasteiger partial charge in [-0.25, -0.2) is 0 Å². The lowest BCUT2D eigenvalue weighted by Gasteiger charge is -2.41. The Bertz CT molecular complexity index is 785. The Labute approximate surface area is 177 Å². The molecule has 29 heavy (non-hydrogen) atoms. The molecular weight excluding hydrogens is 382 g/mol. The summed E-state index contributed by atoms with van der Waals surface area (Å²) < 4.78 is 5.57. The molecule has 154 valence electrons. The minimum absolute atomic E-state index is 0.0171. The van der Waals surface area contributed by atoms with Gasteiger partial charge in [0.2, 0.25) is 0 Å². The van der Waals surface area contributed by atoms with Gasteiger partial charge in [0.25, 0.3) is 0 Å². The van der Waals surface area contributed by atoms with E-state index in [1.165, 1.54) is 5.56 Å². The molecule has 0 spiro atoms. The summed E-state index contributed by atoms with van der Waals surface area (Å²) >= 11 is 1.66. The highest BCUT2D eigenvalue weighted by Gasteiger charge is 2.44. The first-order valence-corrected chi connectivity index (χ1v) is 11.4. The molecule has 0 aromatic heterocycles. The molecule has 4 rings (SSSR count). The normalized spacial score (nSPS) is 28.5. The van der Waals surface area contributed by atoms with E-state index in [-0.39, 0.29) is 17.3 Å². The highest BCUT2D eigenvalue weighted by atomic mass is 32.2. The molecule has 2 heterocycles. The van der Waals surface area contributed by atoms with Crippen LogP contribution in [0.5, 0.6) is 0 Å². The van der Waals surface area contributed by atoms with Crippen LogP contribution in [0.1, 0.15) is 31.2 Å². The second kappa shape index (κ2) is 9.79. The maximum atomic E-state index is 12.9. The summed E-state index contributed by atoms with van der Waals surface area (Å²) in [5.74, 6) is -0.735. The van der Waals surface area contributed by atoms with E-state index in [0.29, 0.717) is 13.0 Å². The fraction of sp³-hybridized carbons (Fsp3) is 0.458. The van der Waals surface area contributed by atoms with Crippen LogP contribution in [0.3, 0.4) is 0 Å². The van der Waals surface area contributed by atoms with Crippen molar-refractivity contribution in [1.82, 2.24) is 4.90 Å². The SMILES string of the molecule is O=C1OCC[C@H](Sc2ccccc2)[C@@H](O)[C@@H]1[C@H]1CCCCN1Cc1ccccc1. The number of thioether (sulfide) groups is 1. The van der Waals surface area contributed by atoms with Crippen LogP contribution in [0.25, 0.3) is 0 Å².